The van der Waals surface area contributed by atoms with Crippen molar-refractivity contribution in [3.8, 4) is 0 Å². The maximum absolute atomic E-state index is 13.5. The van der Waals surface area contributed by atoms with E-state index in [4.69, 9.17) is 5.73 Å². The smallest absolute Gasteiger partial charge is 0.228 e. The van der Waals surface area contributed by atoms with Gasteiger partial charge in [-0.05, 0) is 51.8 Å². The molecule has 1 amide bonds. The number of fused-ring (bicyclic) bond motifs is 1. The van der Waals surface area contributed by atoms with E-state index in [1.807, 2.05) is 0 Å². The maximum atomic E-state index is 13.5. The molecule has 4 N–H and O–H groups in total. The summed E-state index contributed by atoms with van der Waals surface area (Å²) in [5.41, 5.74) is 9.30. The van der Waals surface area contributed by atoms with Gasteiger partial charge in [0.2, 0.25) is 5.91 Å². The van der Waals surface area contributed by atoms with Gasteiger partial charge in [0.1, 0.15) is 5.82 Å². The van der Waals surface area contributed by atoms with Crippen LogP contribution in [0.2, 0.25) is 0 Å². The van der Waals surface area contributed by atoms with Crippen molar-refractivity contribution in [1.82, 2.24) is 0 Å². The van der Waals surface area contributed by atoms with Crippen molar-refractivity contribution < 1.29 is 9.18 Å². The molecule has 0 saturated carbocycles. The minimum Gasteiger partial charge on any atom is -0.397 e. The van der Waals surface area contributed by atoms with Crippen LogP contribution in [0, 0.1) is 5.82 Å². The number of hydrogen-bond donors (Lipinski definition) is 3. The molecule has 0 atom stereocenters. The van der Waals surface area contributed by atoms with Crippen molar-refractivity contribution in [3.05, 3.63) is 46.2 Å². The van der Waals surface area contributed by atoms with Crippen molar-refractivity contribution in [2.75, 3.05) is 16.4 Å². The molecular formula is C14H11BrFN3O. The molecule has 2 aromatic rings. The molecule has 102 valence electrons. The molecule has 20 heavy (non-hydrogen) atoms. The van der Waals surface area contributed by atoms with Crippen molar-refractivity contribution in [2.24, 2.45) is 0 Å². The Morgan fingerprint density at radius 3 is 2.85 bits per heavy atom. The second-order valence-electron chi connectivity index (χ2n) is 4.58. The molecule has 0 spiro atoms. The molecule has 0 aromatic heterocycles. The van der Waals surface area contributed by atoms with Crippen LogP contribution < -0.4 is 16.4 Å². The zero-order chi connectivity index (χ0) is 14.3. The summed E-state index contributed by atoms with van der Waals surface area (Å²) in [5, 5.41) is 5.80. The topological polar surface area (TPSA) is 67.2 Å². The molecule has 1 aliphatic heterocycles. The second-order valence-corrected chi connectivity index (χ2v) is 5.43. The van der Waals surface area contributed by atoms with Crippen LogP contribution in [-0.2, 0) is 11.2 Å². The van der Waals surface area contributed by atoms with E-state index >= 15 is 0 Å². The van der Waals surface area contributed by atoms with Crippen LogP contribution in [0.3, 0.4) is 0 Å². The molecule has 2 aromatic carbocycles. The number of nitrogen functional groups attached to an aromatic ring is 1. The largest absolute Gasteiger partial charge is 0.397 e. The number of benzene rings is 2. The second kappa shape index (κ2) is 4.79. The van der Waals surface area contributed by atoms with Gasteiger partial charge in [-0.25, -0.2) is 4.39 Å². The Balaban J connectivity index is 1.93. The lowest BCUT2D eigenvalue weighted by Crippen LogP contribution is -2.03. The van der Waals surface area contributed by atoms with E-state index in [1.165, 1.54) is 6.07 Å². The summed E-state index contributed by atoms with van der Waals surface area (Å²) in [6, 6.07) is 8.23. The zero-order valence-corrected chi connectivity index (χ0v) is 11.9. The molecule has 0 aliphatic carbocycles. The number of hydrogen-bond acceptors (Lipinski definition) is 3. The van der Waals surface area contributed by atoms with Gasteiger partial charge in [-0.15, -0.1) is 0 Å². The van der Waals surface area contributed by atoms with E-state index in [-0.39, 0.29) is 11.7 Å². The molecule has 4 nitrogen and oxygen atoms in total. The molecule has 0 radical (unpaired) electrons. The Kier molecular flexibility index (Phi) is 3.10. The fourth-order valence-electron chi connectivity index (χ4n) is 2.13. The number of halogens is 2. The van der Waals surface area contributed by atoms with Gasteiger partial charge in [0.15, 0.2) is 0 Å². The Morgan fingerprint density at radius 2 is 2.10 bits per heavy atom. The summed E-state index contributed by atoms with van der Waals surface area (Å²) >= 11 is 3.10. The Hall–Kier alpha value is -2.08. The monoisotopic (exact) mass is 335 g/mol. The first-order valence-electron chi connectivity index (χ1n) is 5.97. The predicted octanol–water partition coefficient (Wildman–Crippen LogP) is 3.41. The highest BCUT2D eigenvalue weighted by atomic mass is 79.9. The van der Waals surface area contributed by atoms with Crippen LogP contribution in [0.1, 0.15) is 5.56 Å². The highest BCUT2D eigenvalue weighted by Crippen LogP contribution is 2.33. The first kappa shape index (κ1) is 12.9. The molecule has 3 rings (SSSR count). The van der Waals surface area contributed by atoms with Gasteiger partial charge in [0.05, 0.1) is 22.3 Å². The summed E-state index contributed by atoms with van der Waals surface area (Å²) in [7, 11) is 0. The van der Waals surface area contributed by atoms with Crippen molar-refractivity contribution in [3.63, 3.8) is 0 Å². The Bertz CT molecular complexity index is 718. The number of carbonyl (C=O) groups is 1. The van der Waals surface area contributed by atoms with Crippen molar-refractivity contribution >= 4 is 44.6 Å². The normalized spacial score (nSPS) is 13.0. The molecular weight excluding hydrogens is 325 g/mol. The number of nitrogens with two attached hydrogens (primary N) is 1. The quantitative estimate of drug-likeness (QED) is 0.737. The SMILES string of the molecule is Nc1cc2c(cc1Nc1ccc(Br)c(F)c1)NC(=O)C2. The molecule has 0 unspecified atom stereocenters. The standard InChI is InChI=1S/C14H11BrFN3O/c15-9-2-1-8(5-10(9)16)18-13-6-12-7(3-11(13)17)4-14(20)19-12/h1-3,5-6,18H,4,17H2,(H,19,20). The first-order chi connectivity index (χ1) is 9.52. The van der Waals surface area contributed by atoms with Gasteiger partial charge in [-0.3, -0.25) is 4.79 Å². The van der Waals surface area contributed by atoms with Crippen LogP contribution in [0.5, 0.6) is 0 Å². The summed E-state index contributed by atoms with van der Waals surface area (Å²) in [6.07, 6.45) is 0.340. The third-order valence-corrected chi connectivity index (χ3v) is 3.74. The van der Waals surface area contributed by atoms with E-state index < -0.39 is 0 Å². The van der Waals surface area contributed by atoms with E-state index in [0.29, 0.717) is 28.0 Å². The van der Waals surface area contributed by atoms with Gasteiger partial charge in [-0.1, -0.05) is 0 Å². The van der Waals surface area contributed by atoms with Crippen LogP contribution in [0.25, 0.3) is 0 Å². The number of anilines is 4. The highest BCUT2D eigenvalue weighted by Gasteiger charge is 2.19. The Morgan fingerprint density at radius 1 is 1.30 bits per heavy atom. The summed E-state index contributed by atoms with van der Waals surface area (Å²) in [6.45, 7) is 0. The van der Waals surface area contributed by atoms with Crippen molar-refractivity contribution in [1.29, 1.82) is 0 Å². The highest BCUT2D eigenvalue weighted by molar-refractivity contribution is 9.10. The third-order valence-electron chi connectivity index (χ3n) is 3.10. The molecule has 6 heteroatoms. The fraction of sp³-hybridized carbons (Fsp3) is 0.0714. The Labute approximate surface area is 123 Å². The van der Waals surface area contributed by atoms with E-state index in [0.717, 1.165) is 11.3 Å². The molecule has 1 aliphatic rings. The van der Waals surface area contributed by atoms with Gasteiger partial charge in [0.25, 0.3) is 0 Å². The number of carbonyl (C=O) groups excluding carboxylic acids is 1. The average Bonchev–Trinajstić information content (AvgIpc) is 2.73. The van der Waals surface area contributed by atoms with Gasteiger partial charge in [0, 0.05) is 11.4 Å². The number of nitrogens with one attached hydrogen (secondary N) is 2. The van der Waals surface area contributed by atoms with Crippen LogP contribution in [-0.4, -0.2) is 5.91 Å². The lowest BCUT2D eigenvalue weighted by Gasteiger charge is -2.12. The fourth-order valence-corrected chi connectivity index (χ4v) is 2.38. The van der Waals surface area contributed by atoms with Crippen LogP contribution >= 0.6 is 15.9 Å². The molecule has 1 heterocycles. The lowest BCUT2D eigenvalue weighted by molar-refractivity contribution is -0.115. The maximum Gasteiger partial charge on any atom is 0.228 e. The first-order valence-corrected chi connectivity index (χ1v) is 6.76. The molecule has 0 fully saturated rings. The van der Waals surface area contributed by atoms with E-state index in [2.05, 4.69) is 26.6 Å². The average molecular weight is 336 g/mol. The third kappa shape index (κ3) is 2.34. The molecule has 0 saturated heterocycles. The number of amides is 1. The van der Waals surface area contributed by atoms with E-state index in [9.17, 15) is 9.18 Å². The zero-order valence-electron chi connectivity index (χ0n) is 10.3. The van der Waals surface area contributed by atoms with E-state index in [1.54, 1.807) is 24.3 Å². The predicted molar refractivity (Wildman–Crippen MR) is 80.6 cm³/mol. The van der Waals surface area contributed by atoms with Crippen LogP contribution in [0.4, 0.5) is 27.1 Å². The minimum absolute atomic E-state index is 0.0498. The van der Waals surface area contributed by atoms with Crippen LogP contribution in [0.15, 0.2) is 34.8 Å². The summed E-state index contributed by atoms with van der Waals surface area (Å²) < 4.78 is 13.9. The number of rotatable bonds is 2. The summed E-state index contributed by atoms with van der Waals surface area (Å²) in [4.78, 5) is 11.3. The minimum atomic E-state index is -0.358. The lowest BCUT2D eigenvalue weighted by atomic mass is 10.1. The van der Waals surface area contributed by atoms with Crippen molar-refractivity contribution in [2.45, 2.75) is 6.42 Å². The van der Waals surface area contributed by atoms with Gasteiger partial charge >= 0.3 is 0 Å². The van der Waals surface area contributed by atoms with Gasteiger partial charge in [-0.2, -0.15) is 0 Å². The molecule has 0 bridgehead atoms. The summed E-state index contributed by atoms with van der Waals surface area (Å²) in [5.74, 6) is -0.408. The van der Waals surface area contributed by atoms with Gasteiger partial charge < -0.3 is 16.4 Å².